The monoisotopic (exact) mass is 906 g/mol. The summed E-state index contributed by atoms with van der Waals surface area (Å²) in [5.74, 6) is -0.571. The third-order valence-corrected chi connectivity index (χ3v) is 8.48. The molecular formula is C41H40Cl4F2Fe2N6. The van der Waals surface area contributed by atoms with E-state index in [1.54, 1.807) is 38.1 Å². The molecule has 0 unspecified atom stereocenters. The van der Waals surface area contributed by atoms with E-state index < -0.39 is 0 Å². The molecule has 0 saturated carbocycles. The third kappa shape index (κ3) is 13.4. The van der Waals surface area contributed by atoms with Crippen LogP contribution < -0.4 is 0 Å². The molecule has 5 aromatic rings. The van der Waals surface area contributed by atoms with Gasteiger partial charge in [0.1, 0.15) is 11.6 Å². The van der Waals surface area contributed by atoms with Crippen LogP contribution in [0.4, 0.5) is 31.5 Å². The van der Waals surface area contributed by atoms with E-state index in [9.17, 15) is 8.78 Å². The molecule has 55 heavy (non-hydrogen) atoms. The van der Waals surface area contributed by atoms with Crippen molar-refractivity contribution in [3.8, 4) is 0 Å². The van der Waals surface area contributed by atoms with Crippen molar-refractivity contribution in [3.63, 3.8) is 0 Å². The SMILES string of the molecule is CC(=Nc1ccc(C)c(F)c1)c1cccc(C(C)=Nc2cc(C)c(N=C(C)c3cccc(C(C)=Nc4ccc(C)c(F)c4)n3)c(C)c2C)n1.[Cl][Fe][Cl].[Cl][Fe][Cl]. The van der Waals surface area contributed by atoms with Crippen molar-refractivity contribution in [3.05, 3.63) is 141 Å². The Morgan fingerprint density at radius 2 is 0.855 bits per heavy atom. The average Bonchev–Trinajstić information content (AvgIpc) is 3.16. The van der Waals surface area contributed by atoms with Gasteiger partial charge in [-0.2, -0.15) is 0 Å². The molecule has 0 fully saturated rings. The number of hydrogen-bond donors (Lipinski definition) is 0. The number of nitrogens with zero attached hydrogens (tertiary/aromatic N) is 6. The molecule has 0 radical (unpaired) electrons. The summed E-state index contributed by atoms with van der Waals surface area (Å²) in [6.07, 6.45) is 0. The van der Waals surface area contributed by atoms with Gasteiger partial charge in [0.05, 0.1) is 68.4 Å². The molecule has 0 spiro atoms. The van der Waals surface area contributed by atoms with Gasteiger partial charge in [-0.15, -0.1) is 0 Å². The summed E-state index contributed by atoms with van der Waals surface area (Å²) in [5.41, 5.74) is 12.7. The molecule has 0 aliphatic rings. The van der Waals surface area contributed by atoms with Gasteiger partial charge in [0.25, 0.3) is 0 Å². The van der Waals surface area contributed by atoms with Crippen LogP contribution in [0, 0.1) is 46.3 Å². The molecule has 6 nitrogen and oxygen atoms in total. The molecule has 0 aliphatic carbocycles. The van der Waals surface area contributed by atoms with E-state index in [2.05, 4.69) is 16.9 Å². The molecule has 0 bridgehead atoms. The Kier molecular flexibility index (Phi) is 18.8. The van der Waals surface area contributed by atoms with Gasteiger partial charge in [-0.25, -0.2) is 18.7 Å². The zero-order valence-electron chi connectivity index (χ0n) is 31.7. The second-order valence-corrected chi connectivity index (χ2v) is 16.0. The molecule has 0 amide bonds. The normalized spacial score (nSPS) is 12.3. The summed E-state index contributed by atoms with van der Waals surface area (Å²) in [4.78, 5) is 28.8. The zero-order valence-corrected chi connectivity index (χ0v) is 36.9. The molecular weight excluding hydrogens is 868 g/mol. The van der Waals surface area contributed by atoms with Gasteiger partial charge in [0.2, 0.25) is 0 Å². The molecule has 292 valence electrons. The first-order chi connectivity index (χ1) is 26.1. The first-order valence-corrected chi connectivity index (χ1v) is 22.7. The Hall–Kier alpha value is -3.30. The molecule has 2 aromatic heterocycles. The quantitative estimate of drug-likeness (QED) is 0.115. The van der Waals surface area contributed by atoms with Crippen molar-refractivity contribution in [2.24, 2.45) is 20.0 Å². The van der Waals surface area contributed by atoms with Crippen LogP contribution in [0.1, 0.15) is 78.3 Å². The Balaban J connectivity index is 0.00000127. The molecule has 0 saturated heterocycles. The summed E-state index contributed by atoms with van der Waals surface area (Å²) in [6.45, 7) is 17.2. The average molecular weight is 908 g/mol. The van der Waals surface area contributed by atoms with Crippen molar-refractivity contribution < 1.29 is 35.0 Å². The van der Waals surface area contributed by atoms with Crippen LogP contribution in [-0.2, 0) is 26.3 Å². The molecule has 0 N–H and O–H groups in total. The van der Waals surface area contributed by atoms with E-state index in [0.29, 0.717) is 45.3 Å². The predicted octanol–water partition coefficient (Wildman–Crippen LogP) is 13.6. The Morgan fingerprint density at radius 1 is 0.491 bits per heavy atom. The first kappa shape index (κ1) is 46.1. The van der Waals surface area contributed by atoms with Gasteiger partial charge in [-0.3, -0.25) is 20.0 Å². The predicted molar refractivity (Wildman–Crippen MR) is 222 cm³/mol. The van der Waals surface area contributed by atoms with Crippen LogP contribution in [-0.4, -0.2) is 32.8 Å². The Labute approximate surface area is 351 Å². The van der Waals surface area contributed by atoms with Gasteiger partial charge < -0.3 is 0 Å². The number of aromatic nitrogens is 2. The van der Waals surface area contributed by atoms with Crippen molar-refractivity contribution in [1.82, 2.24) is 9.97 Å². The van der Waals surface area contributed by atoms with Crippen molar-refractivity contribution in [2.45, 2.75) is 62.3 Å². The van der Waals surface area contributed by atoms with Crippen LogP contribution in [0.3, 0.4) is 0 Å². The maximum absolute atomic E-state index is 14.1. The summed E-state index contributed by atoms with van der Waals surface area (Å²) in [5, 5.41) is 0. The Morgan fingerprint density at radius 3 is 1.24 bits per heavy atom. The molecule has 5 rings (SSSR count). The van der Waals surface area contributed by atoms with Crippen LogP contribution >= 0.6 is 40.4 Å². The van der Waals surface area contributed by atoms with E-state index in [-0.39, 0.29) is 37.9 Å². The molecule has 3 aromatic carbocycles. The number of aryl methyl sites for hydroxylation is 3. The van der Waals surface area contributed by atoms with Gasteiger partial charge in [0.15, 0.2) is 0 Å². The van der Waals surface area contributed by atoms with E-state index >= 15 is 0 Å². The van der Waals surface area contributed by atoms with Crippen LogP contribution in [0.5, 0.6) is 0 Å². The van der Waals surface area contributed by atoms with E-state index in [0.717, 1.165) is 50.9 Å². The minimum absolute atomic E-state index is 0.194. The number of hydrogen-bond acceptors (Lipinski definition) is 6. The second-order valence-electron chi connectivity index (χ2n) is 12.4. The first-order valence-electron chi connectivity index (χ1n) is 16.6. The molecule has 0 aliphatic heterocycles. The van der Waals surface area contributed by atoms with Gasteiger partial charge in [0, 0.05) is 0 Å². The number of pyridine rings is 2. The summed E-state index contributed by atoms with van der Waals surface area (Å²) in [6, 6.07) is 23.4. The topological polar surface area (TPSA) is 75.2 Å². The van der Waals surface area contributed by atoms with Crippen molar-refractivity contribution in [2.75, 3.05) is 0 Å². The van der Waals surface area contributed by atoms with Crippen LogP contribution in [0.15, 0.2) is 98.8 Å². The third-order valence-electron chi connectivity index (χ3n) is 8.48. The summed E-state index contributed by atoms with van der Waals surface area (Å²) >= 11 is 0.389. The van der Waals surface area contributed by atoms with Crippen molar-refractivity contribution in [1.29, 1.82) is 0 Å². The molecule has 0 atom stereocenters. The van der Waals surface area contributed by atoms with Gasteiger partial charge in [-0.1, -0.05) is 24.3 Å². The fraction of sp³-hybridized carbons (Fsp3) is 0.220. The van der Waals surface area contributed by atoms with E-state index in [1.165, 1.54) is 12.1 Å². The molecule has 2 heterocycles. The maximum atomic E-state index is 14.1. The minimum atomic E-state index is -0.285. The van der Waals surface area contributed by atoms with Crippen LogP contribution in [0.2, 0.25) is 0 Å². The van der Waals surface area contributed by atoms with Crippen LogP contribution in [0.25, 0.3) is 0 Å². The van der Waals surface area contributed by atoms with E-state index in [4.69, 9.17) is 60.3 Å². The molecule has 14 heteroatoms. The van der Waals surface area contributed by atoms with Gasteiger partial charge >= 0.3 is 66.7 Å². The number of halogens is 6. The number of aliphatic imine (C=N–C) groups is 4. The summed E-state index contributed by atoms with van der Waals surface area (Å²) in [7, 11) is 19.1. The fourth-order valence-corrected chi connectivity index (χ4v) is 5.28. The number of rotatable bonds is 8. The zero-order chi connectivity index (χ0) is 40.8. The van der Waals surface area contributed by atoms with Gasteiger partial charge in [-0.05, 0) is 145 Å². The number of benzene rings is 3. The fourth-order valence-electron chi connectivity index (χ4n) is 5.28. The van der Waals surface area contributed by atoms with E-state index in [1.807, 2.05) is 84.0 Å². The summed E-state index contributed by atoms with van der Waals surface area (Å²) < 4.78 is 28.1. The van der Waals surface area contributed by atoms with Crippen molar-refractivity contribution >= 4 is 86.0 Å². The Bertz CT molecular complexity index is 2260. The second kappa shape index (κ2) is 22.4. The standard InChI is InChI=1S/C41H40F2N6.4ClH.2Fe/c1-23-16-18-32(21-34(23)42)44-28(6)36-12-10-14-38(48-36)30(8)46-40-20-25(3)41(27(5)26(40)4)47-31(9)39-15-11-13-37(49-39)29(7)45-33-19-17-24(2)35(43)22-33;;;;;;/h10-22H,1-9H3;4*1H;;/q;;;;;2*+2/p-4.